The van der Waals surface area contributed by atoms with Crippen molar-refractivity contribution in [1.29, 1.82) is 0 Å². The molecule has 4 heteroatoms. The van der Waals surface area contributed by atoms with Crippen molar-refractivity contribution < 1.29 is 9.47 Å². The molecule has 0 fully saturated rings. The summed E-state index contributed by atoms with van der Waals surface area (Å²) < 4.78 is 10.6. The third kappa shape index (κ3) is 6.81. The van der Waals surface area contributed by atoms with Gasteiger partial charge < -0.3 is 14.8 Å². The number of ether oxygens (including phenoxy) is 2. The van der Waals surface area contributed by atoms with Crippen LogP contribution in [0.5, 0.6) is 11.5 Å². The maximum absolute atomic E-state index is 5.31. The maximum atomic E-state index is 5.31. The Morgan fingerprint density at radius 1 is 0.759 bits per heavy atom. The zero-order valence-corrected chi connectivity index (χ0v) is 17.8. The maximum Gasteiger partial charge on any atom is 0.118 e. The lowest BCUT2D eigenvalue weighted by atomic mass is 9.87. The summed E-state index contributed by atoms with van der Waals surface area (Å²) in [6, 6.07) is 27.2. The monoisotopic (exact) mass is 410 g/mol. The average molecular weight is 411 g/mol. The van der Waals surface area contributed by atoms with Crippen molar-refractivity contribution in [2.75, 3.05) is 20.8 Å². The Bertz CT molecular complexity index is 772. The molecule has 0 amide bonds. The van der Waals surface area contributed by atoms with Gasteiger partial charge in [0.1, 0.15) is 11.5 Å². The van der Waals surface area contributed by atoms with Crippen LogP contribution in [0.25, 0.3) is 0 Å². The molecule has 3 rings (SSSR count). The smallest absolute Gasteiger partial charge is 0.118 e. The first-order chi connectivity index (χ1) is 13.8. The molecule has 3 nitrogen and oxygen atoms in total. The molecule has 0 spiro atoms. The van der Waals surface area contributed by atoms with Crippen molar-refractivity contribution in [3.63, 3.8) is 0 Å². The van der Waals surface area contributed by atoms with Gasteiger partial charge in [0.25, 0.3) is 0 Å². The van der Waals surface area contributed by atoms with Crippen molar-refractivity contribution in [1.82, 2.24) is 5.32 Å². The Hall–Kier alpha value is -2.49. The Kier molecular flexibility index (Phi) is 9.55. The fourth-order valence-corrected chi connectivity index (χ4v) is 3.30. The van der Waals surface area contributed by atoms with Gasteiger partial charge in [-0.2, -0.15) is 0 Å². The molecule has 0 saturated heterocycles. The van der Waals surface area contributed by atoms with Crippen LogP contribution in [0.1, 0.15) is 29.0 Å². The molecule has 0 bridgehead atoms. The van der Waals surface area contributed by atoms with E-state index in [2.05, 4.69) is 60.3 Å². The van der Waals surface area contributed by atoms with Gasteiger partial charge in [-0.3, -0.25) is 0 Å². The van der Waals surface area contributed by atoms with Crippen LogP contribution in [0, 0.1) is 6.42 Å². The predicted molar refractivity (Wildman–Crippen MR) is 122 cm³/mol. The van der Waals surface area contributed by atoms with Gasteiger partial charge in [-0.25, -0.2) is 0 Å². The number of hydrogen-bond donors (Lipinski definition) is 1. The Labute approximate surface area is 180 Å². The number of rotatable bonds is 10. The van der Waals surface area contributed by atoms with Gasteiger partial charge in [0, 0.05) is 12.5 Å². The number of hydrogen-bond acceptors (Lipinski definition) is 3. The normalized spacial score (nSPS) is 10.4. The van der Waals surface area contributed by atoms with E-state index < -0.39 is 0 Å². The molecule has 0 atom stereocenters. The average Bonchev–Trinajstić information content (AvgIpc) is 2.77. The highest BCUT2D eigenvalue weighted by molar-refractivity contribution is 5.85. The van der Waals surface area contributed by atoms with Crippen LogP contribution in [0.15, 0.2) is 78.9 Å². The first-order valence-electron chi connectivity index (χ1n) is 9.64. The largest absolute Gasteiger partial charge is 0.497 e. The van der Waals surface area contributed by atoms with E-state index in [-0.39, 0.29) is 12.4 Å². The third-order valence-electron chi connectivity index (χ3n) is 4.90. The SMILES string of the molecule is COc1ccc(C(C[CH]CNCc2ccccc2)c2ccc(OC)cc2)cc1.Cl. The zero-order valence-electron chi connectivity index (χ0n) is 17.0. The number of methoxy groups -OCH3 is 2. The highest BCUT2D eigenvalue weighted by Gasteiger charge is 2.14. The van der Waals surface area contributed by atoms with Crippen molar-refractivity contribution >= 4 is 12.4 Å². The number of benzene rings is 3. The molecule has 3 aromatic rings. The molecule has 0 aliphatic rings. The number of nitrogens with one attached hydrogen (secondary N) is 1. The first-order valence-corrected chi connectivity index (χ1v) is 9.64. The summed E-state index contributed by atoms with van der Waals surface area (Å²) in [5, 5.41) is 3.50. The van der Waals surface area contributed by atoms with Crippen LogP contribution in [-0.2, 0) is 6.54 Å². The summed E-state index contributed by atoms with van der Waals surface area (Å²) in [5.74, 6) is 2.06. The minimum absolute atomic E-state index is 0. The van der Waals surface area contributed by atoms with E-state index >= 15 is 0 Å². The molecule has 0 unspecified atom stereocenters. The van der Waals surface area contributed by atoms with E-state index in [9.17, 15) is 0 Å². The van der Waals surface area contributed by atoms with E-state index in [0.717, 1.165) is 31.0 Å². The van der Waals surface area contributed by atoms with Gasteiger partial charge in [-0.1, -0.05) is 54.6 Å². The zero-order chi connectivity index (χ0) is 19.6. The lowest BCUT2D eigenvalue weighted by molar-refractivity contribution is 0.414. The Morgan fingerprint density at radius 2 is 1.28 bits per heavy atom. The van der Waals surface area contributed by atoms with E-state index in [1.165, 1.54) is 16.7 Å². The van der Waals surface area contributed by atoms with Crippen LogP contribution >= 0.6 is 12.4 Å². The minimum atomic E-state index is 0. The van der Waals surface area contributed by atoms with Crippen molar-refractivity contribution in [3.05, 3.63) is 102 Å². The molecular formula is C25H29ClNO2. The highest BCUT2D eigenvalue weighted by atomic mass is 35.5. The van der Waals surface area contributed by atoms with Crippen LogP contribution in [0.4, 0.5) is 0 Å². The first kappa shape index (κ1) is 22.8. The lowest BCUT2D eigenvalue weighted by Gasteiger charge is -2.19. The van der Waals surface area contributed by atoms with Gasteiger partial charge in [-0.05, 0) is 60.3 Å². The van der Waals surface area contributed by atoms with E-state index in [1.807, 2.05) is 30.3 Å². The summed E-state index contributed by atoms with van der Waals surface area (Å²) in [6.07, 6.45) is 3.28. The second kappa shape index (κ2) is 12.2. The Balaban J connectivity index is 0.00000300. The van der Waals surface area contributed by atoms with Gasteiger partial charge >= 0.3 is 0 Å². The second-order valence-electron chi connectivity index (χ2n) is 6.74. The number of halogens is 1. The molecular weight excluding hydrogens is 382 g/mol. The molecule has 29 heavy (non-hydrogen) atoms. The van der Waals surface area contributed by atoms with Crippen molar-refractivity contribution in [3.8, 4) is 11.5 Å². The molecule has 153 valence electrons. The molecule has 1 N–H and O–H groups in total. The van der Waals surface area contributed by atoms with Gasteiger partial charge in [0.15, 0.2) is 0 Å². The second-order valence-corrected chi connectivity index (χ2v) is 6.74. The summed E-state index contributed by atoms with van der Waals surface area (Å²) in [6.45, 7) is 1.75. The molecule has 0 aliphatic carbocycles. The summed E-state index contributed by atoms with van der Waals surface area (Å²) >= 11 is 0. The van der Waals surface area contributed by atoms with Gasteiger partial charge in [0.05, 0.1) is 14.2 Å². The van der Waals surface area contributed by atoms with E-state index in [1.54, 1.807) is 14.2 Å². The summed E-state index contributed by atoms with van der Waals surface area (Å²) in [4.78, 5) is 0. The van der Waals surface area contributed by atoms with Crippen molar-refractivity contribution in [2.45, 2.75) is 18.9 Å². The highest BCUT2D eigenvalue weighted by Crippen LogP contribution is 2.31. The van der Waals surface area contributed by atoms with Crippen LogP contribution in [0.3, 0.4) is 0 Å². The van der Waals surface area contributed by atoms with Crippen LogP contribution in [-0.4, -0.2) is 20.8 Å². The summed E-state index contributed by atoms with van der Waals surface area (Å²) in [7, 11) is 3.39. The lowest BCUT2D eigenvalue weighted by Crippen LogP contribution is -2.16. The van der Waals surface area contributed by atoms with Crippen LogP contribution < -0.4 is 14.8 Å². The van der Waals surface area contributed by atoms with E-state index in [4.69, 9.17) is 9.47 Å². The molecule has 1 radical (unpaired) electrons. The summed E-state index contributed by atoms with van der Waals surface area (Å²) in [5.41, 5.74) is 3.87. The topological polar surface area (TPSA) is 30.5 Å². The quantitative estimate of drug-likeness (QED) is 0.438. The Morgan fingerprint density at radius 3 is 1.76 bits per heavy atom. The molecule has 0 saturated carbocycles. The third-order valence-corrected chi connectivity index (χ3v) is 4.90. The fraction of sp³-hybridized carbons (Fsp3) is 0.240. The predicted octanol–water partition coefficient (Wildman–Crippen LogP) is 5.64. The molecule has 0 aliphatic heterocycles. The van der Waals surface area contributed by atoms with Crippen molar-refractivity contribution in [2.24, 2.45) is 0 Å². The van der Waals surface area contributed by atoms with Crippen LogP contribution in [0.2, 0.25) is 0 Å². The molecule has 3 aromatic carbocycles. The standard InChI is InChI=1S/C25H28NO2.ClH/c1-27-23-14-10-21(11-15-23)25(22-12-16-24(28-2)17-13-22)9-6-18-26-19-20-7-4-3-5-8-20;/h3-8,10-17,25-26H,9,18-19H2,1-2H3;1H. The van der Waals surface area contributed by atoms with E-state index in [0.29, 0.717) is 5.92 Å². The molecule has 0 aromatic heterocycles. The minimum Gasteiger partial charge on any atom is -0.497 e. The fourth-order valence-electron chi connectivity index (χ4n) is 3.30. The van der Waals surface area contributed by atoms with Gasteiger partial charge in [0.2, 0.25) is 0 Å². The van der Waals surface area contributed by atoms with Gasteiger partial charge in [-0.15, -0.1) is 12.4 Å². The molecule has 0 heterocycles.